The molecular weight excluding hydrogens is 272 g/mol. The average molecular weight is 288 g/mol. The average Bonchev–Trinajstić information content (AvgIpc) is 2.89. The van der Waals surface area contributed by atoms with Crippen molar-refractivity contribution in [1.29, 1.82) is 0 Å². The largest absolute Gasteiger partial charge is 0.480 e. The van der Waals surface area contributed by atoms with Crippen LogP contribution in [-0.4, -0.2) is 32.0 Å². The lowest BCUT2D eigenvalue weighted by Crippen LogP contribution is -2.14. The number of carboxylic acid groups (broad SMARTS) is 1. The molecule has 1 amide bonds. The fourth-order valence-electron chi connectivity index (χ4n) is 1.93. The molecule has 0 spiro atoms. The molecule has 0 aliphatic rings. The van der Waals surface area contributed by atoms with Crippen LogP contribution in [0.5, 0.6) is 0 Å². The number of amides is 1. The van der Waals surface area contributed by atoms with E-state index in [1.54, 1.807) is 0 Å². The number of carbonyl (C=O) groups excluding carboxylic acids is 1. The van der Waals surface area contributed by atoms with E-state index < -0.39 is 11.9 Å². The van der Waals surface area contributed by atoms with Gasteiger partial charge in [0.25, 0.3) is 5.91 Å². The molecule has 1 aromatic heterocycles. The van der Waals surface area contributed by atoms with E-state index in [4.69, 9.17) is 5.11 Å². The third kappa shape index (κ3) is 3.88. The molecule has 0 atom stereocenters. The molecule has 0 aliphatic carbocycles. The molecule has 0 aliphatic heterocycles. The Morgan fingerprint density at radius 3 is 2.81 bits per heavy atom. The van der Waals surface area contributed by atoms with Crippen molar-refractivity contribution in [3.05, 3.63) is 41.7 Å². The number of hydrogen-bond acceptors (Lipinski definition) is 4. The van der Waals surface area contributed by atoms with Crippen molar-refractivity contribution in [2.75, 3.05) is 5.32 Å². The minimum absolute atomic E-state index is 0.0857. The van der Waals surface area contributed by atoms with Crippen LogP contribution in [0.1, 0.15) is 29.4 Å². The number of carbonyl (C=O) groups is 2. The van der Waals surface area contributed by atoms with Crippen molar-refractivity contribution in [2.45, 2.75) is 26.3 Å². The first kappa shape index (κ1) is 14.7. The van der Waals surface area contributed by atoms with Crippen molar-refractivity contribution >= 4 is 17.6 Å². The Kier molecular flexibility index (Phi) is 4.65. The van der Waals surface area contributed by atoms with Crippen LogP contribution in [0.3, 0.4) is 0 Å². The molecule has 0 fully saturated rings. The maximum atomic E-state index is 12.1. The predicted octanol–water partition coefficient (Wildman–Crippen LogP) is 1.57. The maximum absolute atomic E-state index is 12.1. The van der Waals surface area contributed by atoms with Crippen LogP contribution in [0.15, 0.2) is 30.5 Å². The van der Waals surface area contributed by atoms with Crippen molar-refractivity contribution in [3.63, 3.8) is 0 Å². The van der Waals surface area contributed by atoms with E-state index in [1.807, 2.05) is 24.3 Å². The predicted molar refractivity (Wildman–Crippen MR) is 76.0 cm³/mol. The lowest BCUT2D eigenvalue weighted by Gasteiger charge is -2.08. The highest BCUT2D eigenvalue weighted by Gasteiger charge is 2.13. The Labute approximate surface area is 121 Å². The Morgan fingerprint density at radius 1 is 1.33 bits per heavy atom. The summed E-state index contributed by atoms with van der Waals surface area (Å²) in [4.78, 5) is 22.7. The van der Waals surface area contributed by atoms with Gasteiger partial charge in [0.1, 0.15) is 6.54 Å². The van der Waals surface area contributed by atoms with Gasteiger partial charge in [0.05, 0.1) is 6.20 Å². The Balaban J connectivity index is 2.11. The summed E-state index contributed by atoms with van der Waals surface area (Å²) in [6.07, 6.45) is 3.15. The second-order valence-electron chi connectivity index (χ2n) is 4.56. The van der Waals surface area contributed by atoms with Crippen LogP contribution in [0.4, 0.5) is 5.69 Å². The molecule has 21 heavy (non-hydrogen) atoms. The third-order valence-corrected chi connectivity index (χ3v) is 2.85. The highest BCUT2D eigenvalue weighted by atomic mass is 16.4. The van der Waals surface area contributed by atoms with Gasteiger partial charge in [-0.05, 0) is 18.1 Å². The molecule has 0 radical (unpaired) electrons. The minimum Gasteiger partial charge on any atom is -0.480 e. The second-order valence-corrected chi connectivity index (χ2v) is 4.56. The van der Waals surface area contributed by atoms with E-state index in [2.05, 4.69) is 22.6 Å². The van der Waals surface area contributed by atoms with Crippen LogP contribution in [0, 0.1) is 0 Å². The molecule has 1 aromatic carbocycles. The molecule has 1 heterocycles. The number of rotatable bonds is 6. The lowest BCUT2D eigenvalue weighted by atomic mass is 10.1. The standard InChI is InChI=1S/C14H16N4O3/c1-2-5-10-6-3-4-7-11(10)15-14(21)12-8-18(17-16-12)9-13(19)20/h3-4,6-8H,2,5,9H2,1H3,(H,15,21)(H,19,20). The van der Waals surface area contributed by atoms with Gasteiger partial charge < -0.3 is 10.4 Å². The summed E-state index contributed by atoms with van der Waals surface area (Å²) in [6.45, 7) is 1.74. The van der Waals surface area contributed by atoms with Crippen LogP contribution < -0.4 is 5.32 Å². The number of hydrogen-bond donors (Lipinski definition) is 2. The summed E-state index contributed by atoms with van der Waals surface area (Å²) < 4.78 is 1.11. The molecule has 2 N–H and O–H groups in total. The van der Waals surface area contributed by atoms with Crippen LogP contribution >= 0.6 is 0 Å². The number of para-hydroxylation sites is 1. The Hall–Kier alpha value is -2.70. The van der Waals surface area contributed by atoms with Gasteiger partial charge in [-0.3, -0.25) is 9.59 Å². The van der Waals surface area contributed by atoms with Gasteiger partial charge in [-0.1, -0.05) is 36.8 Å². The van der Waals surface area contributed by atoms with Crippen molar-refractivity contribution in [1.82, 2.24) is 15.0 Å². The molecular formula is C14H16N4O3. The van der Waals surface area contributed by atoms with Gasteiger partial charge in [0, 0.05) is 5.69 Å². The molecule has 7 nitrogen and oxygen atoms in total. The molecule has 7 heteroatoms. The molecule has 0 bridgehead atoms. The number of nitrogens with zero attached hydrogens (tertiary/aromatic N) is 3. The number of aryl methyl sites for hydroxylation is 1. The Morgan fingerprint density at radius 2 is 2.10 bits per heavy atom. The molecule has 0 saturated heterocycles. The maximum Gasteiger partial charge on any atom is 0.325 e. The first-order valence-corrected chi connectivity index (χ1v) is 6.61. The van der Waals surface area contributed by atoms with Crippen LogP contribution in [0.25, 0.3) is 0 Å². The van der Waals surface area contributed by atoms with Gasteiger partial charge in [-0.15, -0.1) is 5.10 Å². The van der Waals surface area contributed by atoms with E-state index >= 15 is 0 Å². The zero-order chi connectivity index (χ0) is 15.2. The smallest absolute Gasteiger partial charge is 0.325 e. The first-order chi connectivity index (χ1) is 10.1. The van der Waals surface area contributed by atoms with Crippen molar-refractivity contribution in [2.24, 2.45) is 0 Å². The summed E-state index contributed by atoms with van der Waals surface area (Å²) in [5.41, 5.74) is 1.87. The van der Waals surface area contributed by atoms with E-state index in [0.717, 1.165) is 28.8 Å². The fourth-order valence-corrected chi connectivity index (χ4v) is 1.93. The second kappa shape index (κ2) is 6.65. The zero-order valence-corrected chi connectivity index (χ0v) is 11.6. The molecule has 2 rings (SSSR count). The summed E-state index contributed by atoms with van der Waals surface area (Å²) in [5.74, 6) is -1.45. The van der Waals surface area contributed by atoms with Crippen LogP contribution in [0.2, 0.25) is 0 Å². The number of aromatic nitrogens is 3. The summed E-state index contributed by atoms with van der Waals surface area (Å²) in [7, 11) is 0. The van der Waals surface area contributed by atoms with E-state index in [0.29, 0.717) is 0 Å². The third-order valence-electron chi connectivity index (χ3n) is 2.85. The summed E-state index contributed by atoms with van der Waals surface area (Å²) in [5, 5.41) is 18.7. The number of anilines is 1. The molecule has 2 aromatic rings. The number of benzene rings is 1. The SMILES string of the molecule is CCCc1ccccc1NC(=O)c1cn(CC(=O)O)nn1. The topological polar surface area (TPSA) is 97.1 Å². The monoisotopic (exact) mass is 288 g/mol. The van der Waals surface area contributed by atoms with Gasteiger partial charge >= 0.3 is 5.97 Å². The number of carboxylic acids is 1. The van der Waals surface area contributed by atoms with E-state index in [-0.39, 0.29) is 12.2 Å². The fraction of sp³-hybridized carbons (Fsp3) is 0.286. The Bertz CT molecular complexity index is 651. The van der Waals surface area contributed by atoms with Gasteiger partial charge in [-0.25, -0.2) is 4.68 Å². The lowest BCUT2D eigenvalue weighted by molar-refractivity contribution is -0.137. The minimum atomic E-state index is -1.04. The molecule has 110 valence electrons. The number of nitrogens with one attached hydrogen (secondary N) is 1. The van der Waals surface area contributed by atoms with Crippen molar-refractivity contribution < 1.29 is 14.7 Å². The molecule has 0 unspecified atom stereocenters. The highest BCUT2D eigenvalue weighted by Crippen LogP contribution is 2.17. The van der Waals surface area contributed by atoms with E-state index in [9.17, 15) is 9.59 Å². The van der Waals surface area contributed by atoms with Crippen LogP contribution in [-0.2, 0) is 17.8 Å². The normalized spacial score (nSPS) is 10.3. The summed E-state index contributed by atoms with van der Waals surface area (Å²) >= 11 is 0. The highest BCUT2D eigenvalue weighted by molar-refractivity contribution is 6.03. The first-order valence-electron chi connectivity index (χ1n) is 6.61. The molecule has 0 saturated carbocycles. The van der Waals surface area contributed by atoms with E-state index in [1.165, 1.54) is 6.20 Å². The van der Waals surface area contributed by atoms with Crippen molar-refractivity contribution in [3.8, 4) is 0 Å². The quantitative estimate of drug-likeness (QED) is 0.840. The zero-order valence-electron chi connectivity index (χ0n) is 11.6. The number of aliphatic carboxylic acids is 1. The van der Waals surface area contributed by atoms with Gasteiger partial charge in [-0.2, -0.15) is 0 Å². The summed E-state index contributed by atoms with van der Waals surface area (Å²) in [6, 6.07) is 7.55. The van der Waals surface area contributed by atoms with Gasteiger partial charge in [0.15, 0.2) is 5.69 Å². The van der Waals surface area contributed by atoms with Gasteiger partial charge in [0.2, 0.25) is 0 Å².